The molecule has 0 fully saturated rings. The number of carbonyl (C=O) groups excluding carboxylic acids is 3. The maximum Gasteiger partial charge on any atom is 0.343 e. The zero-order valence-corrected chi connectivity index (χ0v) is 17.1. The molecule has 2 amide bonds. The molecule has 0 bridgehead atoms. The lowest BCUT2D eigenvalue weighted by molar-refractivity contribution is -0.120. The van der Waals surface area contributed by atoms with Crippen molar-refractivity contribution in [2.24, 2.45) is 5.10 Å². The van der Waals surface area contributed by atoms with Crippen LogP contribution in [0.4, 0.5) is 0 Å². The van der Waals surface area contributed by atoms with Gasteiger partial charge in [-0.3, -0.25) is 9.59 Å². The number of ether oxygens (including phenoxy) is 1. The molecule has 3 aromatic rings. The van der Waals surface area contributed by atoms with Crippen LogP contribution in [0.3, 0.4) is 0 Å². The summed E-state index contributed by atoms with van der Waals surface area (Å²) in [7, 11) is 0. The molecule has 0 atom stereocenters. The highest BCUT2D eigenvalue weighted by Crippen LogP contribution is 2.22. The van der Waals surface area contributed by atoms with Gasteiger partial charge in [0, 0.05) is 10.0 Å². The van der Waals surface area contributed by atoms with Crippen molar-refractivity contribution in [3.05, 3.63) is 88.3 Å². The first-order valence-corrected chi connectivity index (χ1v) is 9.52. The van der Waals surface area contributed by atoms with Crippen molar-refractivity contribution >= 4 is 39.9 Å². The lowest BCUT2D eigenvalue weighted by Crippen LogP contribution is -2.34. The Morgan fingerprint density at radius 1 is 1.07 bits per heavy atom. The van der Waals surface area contributed by atoms with E-state index >= 15 is 0 Å². The maximum atomic E-state index is 12.3. The Labute approximate surface area is 180 Å². The van der Waals surface area contributed by atoms with Crippen molar-refractivity contribution in [2.75, 3.05) is 6.54 Å². The molecule has 0 aliphatic heterocycles. The second kappa shape index (κ2) is 10.2. The standard InChI is InChI=1S/C21H16BrN3O5/c22-16-8-9-17(30-21(28)14-5-2-1-3-6-14)15(11-16)12-24-25-19(26)13-23-20(27)18-7-4-10-29-18/h1-12H,13H2,(H,23,27)(H,25,26)/b24-12-. The monoisotopic (exact) mass is 469 g/mol. The van der Waals surface area contributed by atoms with E-state index < -0.39 is 17.8 Å². The largest absolute Gasteiger partial charge is 0.459 e. The van der Waals surface area contributed by atoms with Gasteiger partial charge in [-0.15, -0.1) is 0 Å². The summed E-state index contributed by atoms with van der Waals surface area (Å²) in [4.78, 5) is 35.9. The van der Waals surface area contributed by atoms with Crippen molar-refractivity contribution in [3.8, 4) is 5.75 Å². The number of nitrogens with zero attached hydrogens (tertiary/aromatic N) is 1. The van der Waals surface area contributed by atoms with Crippen molar-refractivity contribution in [1.29, 1.82) is 0 Å². The number of halogens is 1. The summed E-state index contributed by atoms with van der Waals surface area (Å²) < 4.78 is 11.1. The molecule has 1 aromatic heterocycles. The smallest absolute Gasteiger partial charge is 0.343 e. The SMILES string of the molecule is O=C(CNC(=O)c1ccco1)N/N=C\c1cc(Br)ccc1OC(=O)c1ccccc1. The lowest BCUT2D eigenvalue weighted by atomic mass is 10.2. The third kappa shape index (κ3) is 5.89. The molecule has 1 heterocycles. The van der Waals surface area contributed by atoms with Crippen LogP contribution < -0.4 is 15.5 Å². The number of carbonyl (C=O) groups is 3. The molecule has 2 aromatic carbocycles. The third-order valence-corrected chi connectivity index (χ3v) is 4.22. The Balaban J connectivity index is 1.59. The number of furan rings is 1. The fraction of sp³-hybridized carbons (Fsp3) is 0.0476. The molecular weight excluding hydrogens is 454 g/mol. The first kappa shape index (κ1) is 21.0. The molecule has 0 aliphatic rings. The van der Waals surface area contributed by atoms with Crippen LogP contribution in [-0.4, -0.2) is 30.5 Å². The zero-order chi connectivity index (χ0) is 21.3. The molecule has 30 heavy (non-hydrogen) atoms. The predicted octanol–water partition coefficient (Wildman–Crippen LogP) is 3.14. The first-order valence-electron chi connectivity index (χ1n) is 8.73. The second-order valence-corrected chi connectivity index (χ2v) is 6.81. The summed E-state index contributed by atoms with van der Waals surface area (Å²) in [5.74, 6) is -1.19. The Morgan fingerprint density at radius 2 is 1.87 bits per heavy atom. The van der Waals surface area contributed by atoms with Gasteiger partial charge in [-0.05, 0) is 42.5 Å². The van der Waals surface area contributed by atoms with E-state index in [2.05, 4.69) is 31.8 Å². The first-order chi connectivity index (χ1) is 14.5. The summed E-state index contributed by atoms with van der Waals surface area (Å²) in [5, 5.41) is 6.26. The zero-order valence-electron chi connectivity index (χ0n) is 15.5. The molecule has 0 aliphatic carbocycles. The minimum Gasteiger partial charge on any atom is -0.459 e. The van der Waals surface area contributed by atoms with Gasteiger partial charge >= 0.3 is 5.97 Å². The van der Waals surface area contributed by atoms with Crippen LogP contribution in [-0.2, 0) is 4.79 Å². The Bertz CT molecular complexity index is 1070. The maximum absolute atomic E-state index is 12.3. The summed E-state index contributed by atoms with van der Waals surface area (Å²) in [6.07, 6.45) is 2.70. The molecule has 0 unspecified atom stereocenters. The van der Waals surface area contributed by atoms with E-state index in [1.807, 2.05) is 0 Å². The van der Waals surface area contributed by atoms with E-state index in [0.717, 1.165) is 4.47 Å². The van der Waals surface area contributed by atoms with Crippen LogP contribution in [0.15, 0.2) is 80.9 Å². The van der Waals surface area contributed by atoms with Crippen molar-refractivity contribution in [3.63, 3.8) is 0 Å². The molecule has 2 N–H and O–H groups in total. The van der Waals surface area contributed by atoms with Crippen molar-refractivity contribution in [2.45, 2.75) is 0 Å². The average molecular weight is 470 g/mol. The number of esters is 1. The van der Waals surface area contributed by atoms with Gasteiger partial charge in [0.2, 0.25) is 0 Å². The number of rotatable bonds is 7. The molecule has 0 saturated heterocycles. The highest BCUT2D eigenvalue weighted by atomic mass is 79.9. The van der Waals surface area contributed by atoms with Gasteiger partial charge in [-0.25, -0.2) is 10.2 Å². The van der Waals surface area contributed by atoms with Gasteiger partial charge in [0.25, 0.3) is 11.8 Å². The van der Waals surface area contributed by atoms with E-state index in [1.165, 1.54) is 18.5 Å². The normalized spacial score (nSPS) is 10.6. The van der Waals surface area contributed by atoms with Crippen LogP contribution in [0.1, 0.15) is 26.5 Å². The van der Waals surface area contributed by atoms with E-state index in [9.17, 15) is 14.4 Å². The van der Waals surface area contributed by atoms with Crippen LogP contribution >= 0.6 is 15.9 Å². The molecule has 152 valence electrons. The molecule has 8 nitrogen and oxygen atoms in total. The predicted molar refractivity (Wildman–Crippen MR) is 112 cm³/mol. The van der Waals surface area contributed by atoms with Gasteiger partial charge in [0.15, 0.2) is 5.76 Å². The highest BCUT2D eigenvalue weighted by molar-refractivity contribution is 9.10. The molecule has 0 spiro atoms. The number of nitrogens with one attached hydrogen (secondary N) is 2. The minimum atomic E-state index is -0.538. The Kier molecular flexibility index (Phi) is 7.12. The summed E-state index contributed by atoms with van der Waals surface area (Å²) in [5.41, 5.74) is 3.17. The Hall–Kier alpha value is -3.72. The van der Waals surface area contributed by atoms with Gasteiger partial charge in [-0.2, -0.15) is 5.10 Å². The quantitative estimate of drug-likeness (QED) is 0.239. The Morgan fingerprint density at radius 3 is 2.60 bits per heavy atom. The second-order valence-electron chi connectivity index (χ2n) is 5.89. The fourth-order valence-corrected chi connectivity index (χ4v) is 2.69. The third-order valence-electron chi connectivity index (χ3n) is 3.73. The number of hydrogen-bond acceptors (Lipinski definition) is 6. The van der Waals surface area contributed by atoms with E-state index in [-0.39, 0.29) is 18.1 Å². The van der Waals surface area contributed by atoms with Gasteiger partial charge < -0.3 is 14.5 Å². The van der Waals surface area contributed by atoms with Gasteiger partial charge in [-0.1, -0.05) is 34.1 Å². The topological polar surface area (TPSA) is 110 Å². The van der Waals surface area contributed by atoms with E-state index in [1.54, 1.807) is 54.6 Å². The molecule has 9 heteroatoms. The van der Waals surface area contributed by atoms with Crippen molar-refractivity contribution < 1.29 is 23.5 Å². The number of amides is 2. The minimum absolute atomic E-state index is 0.102. The fourth-order valence-electron chi connectivity index (χ4n) is 2.31. The highest BCUT2D eigenvalue weighted by Gasteiger charge is 2.12. The number of hydrazone groups is 1. The number of hydrogen-bond donors (Lipinski definition) is 2. The molecule has 3 rings (SSSR count). The average Bonchev–Trinajstić information content (AvgIpc) is 3.29. The van der Waals surface area contributed by atoms with Crippen molar-refractivity contribution in [1.82, 2.24) is 10.7 Å². The van der Waals surface area contributed by atoms with Gasteiger partial charge in [0.1, 0.15) is 5.75 Å². The van der Waals surface area contributed by atoms with E-state index in [4.69, 9.17) is 9.15 Å². The number of benzene rings is 2. The molecule has 0 radical (unpaired) electrons. The molecular formula is C21H16BrN3O5. The van der Waals surface area contributed by atoms with Crippen LogP contribution in [0.25, 0.3) is 0 Å². The molecule has 0 saturated carbocycles. The lowest BCUT2D eigenvalue weighted by Gasteiger charge is -2.08. The van der Waals surface area contributed by atoms with Gasteiger partial charge in [0.05, 0.1) is 24.6 Å². The van der Waals surface area contributed by atoms with Crippen LogP contribution in [0.5, 0.6) is 5.75 Å². The van der Waals surface area contributed by atoms with Crippen LogP contribution in [0, 0.1) is 0 Å². The summed E-state index contributed by atoms with van der Waals surface area (Å²) in [6, 6.07) is 16.6. The summed E-state index contributed by atoms with van der Waals surface area (Å²) >= 11 is 3.34. The van der Waals surface area contributed by atoms with Crippen LogP contribution in [0.2, 0.25) is 0 Å². The summed E-state index contributed by atoms with van der Waals surface area (Å²) in [6.45, 7) is -0.287. The van der Waals surface area contributed by atoms with E-state index in [0.29, 0.717) is 11.1 Å².